The molecule has 0 spiro atoms. The zero-order valence-corrected chi connectivity index (χ0v) is 9.45. The fraction of sp³-hybridized carbons (Fsp3) is 0.182. The molecule has 88 valence electrons. The molecule has 0 saturated heterocycles. The molecule has 0 aliphatic heterocycles. The monoisotopic (exact) mass is 233 g/mol. The second kappa shape index (κ2) is 6.19. The zero-order chi connectivity index (χ0) is 12.7. The third-order valence-corrected chi connectivity index (χ3v) is 1.97. The predicted octanol–water partition coefficient (Wildman–Crippen LogP) is 2.52. The van der Waals surface area contributed by atoms with Gasteiger partial charge in [-0.25, -0.2) is 4.79 Å². The first-order chi connectivity index (χ1) is 8.21. The number of carbonyl (C=O) groups excluding carboxylic acids is 1. The zero-order valence-electron chi connectivity index (χ0n) is 9.45. The van der Waals surface area contributed by atoms with Crippen LogP contribution >= 0.6 is 0 Å². The van der Waals surface area contributed by atoms with Gasteiger partial charge in [-0.1, -0.05) is 17.2 Å². The van der Waals surface area contributed by atoms with Crippen LogP contribution in [0.25, 0.3) is 16.5 Å². The lowest BCUT2D eigenvalue weighted by Gasteiger charge is -2.01. The van der Waals surface area contributed by atoms with E-state index in [1.165, 1.54) is 13.2 Å². The van der Waals surface area contributed by atoms with Crippen molar-refractivity contribution in [3.8, 4) is 5.75 Å². The maximum atomic E-state index is 11.2. The predicted molar refractivity (Wildman–Crippen MR) is 62.1 cm³/mol. The molecular formula is C11H11N3O3. The van der Waals surface area contributed by atoms with E-state index in [0.717, 1.165) is 0 Å². The lowest BCUT2D eigenvalue weighted by Crippen LogP contribution is -2.01. The summed E-state index contributed by atoms with van der Waals surface area (Å²) in [6.45, 7) is 0. The third-order valence-electron chi connectivity index (χ3n) is 1.97. The Kier molecular flexibility index (Phi) is 4.59. The van der Waals surface area contributed by atoms with Crippen molar-refractivity contribution in [2.45, 2.75) is 0 Å². The van der Waals surface area contributed by atoms with Gasteiger partial charge in [-0.05, 0) is 29.3 Å². The number of nitrogens with zero attached hydrogens (tertiary/aromatic N) is 3. The molecule has 0 fully saturated rings. The topological polar surface area (TPSA) is 84.3 Å². The number of methoxy groups -OCH3 is 2. The summed E-state index contributed by atoms with van der Waals surface area (Å²) in [6.07, 6.45) is 1.44. The van der Waals surface area contributed by atoms with Crippen LogP contribution in [0.3, 0.4) is 0 Å². The second-order valence-electron chi connectivity index (χ2n) is 2.98. The van der Waals surface area contributed by atoms with E-state index in [9.17, 15) is 4.79 Å². The Morgan fingerprint density at radius 2 is 2.00 bits per heavy atom. The summed E-state index contributed by atoms with van der Waals surface area (Å²) in [6, 6.07) is 6.93. The Labute approximate surface area is 98.1 Å². The van der Waals surface area contributed by atoms with Gasteiger partial charge in [0.15, 0.2) is 0 Å². The molecule has 6 heteroatoms. The minimum absolute atomic E-state index is 0.0971. The van der Waals surface area contributed by atoms with Crippen LogP contribution in [0.1, 0.15) is 5.56 Å². The maximum Gasteiger partial charge on any atom is 0.340 e. The molecule has 0 unspecified atom stereocenters. The highest BCUT2D eigenvalue weighted by atomic mass is 16.5. The van der Waals surface area contributed by atoms with Gasteiger partial charge in [0, 0.05) is 4.91 Å². The molecule has 1 aromatic carbocycles. The minimum Gasteiger partial charge on any atom is -0.497 e. The van der Waals surface area contributed by atoms with Crippen molar-refractivity contribution < 1.29 is 14.3 Å². The molecule has 0 aliphatic rings. The average molecular weight is 233 g/mol. The molecule has 0 saturated carbocycles. The summed E-state index contributed by atoms with van der Waals surface area (Å²) < 4.78 is 9.48. The van der Waals surface area contributed by atoms with Crippen LogP contribution in [0.5, 0.6) is 5.75 Å². The van der Waals surface area contributed by atoms with Gasteiger partial charge in [0.05, 0.1) is 14.2 Å². The number of azide groups is 1. The lowest BCUT2D eigenvalue weighted by molar-refractivity contribution is -0.136. The Morgan fingerprint density at radius 1 is 1.35 bits per heavy atom. The van der Waals surface area contributed by atoms with Gasteiger partial charge in [0.1, 0.15) is 11.4 Å². The first-order valence-corrected chi connectivity index (χ1v) is 4.70. The molecule has 0 radical (unpaired) electrons. The molecule has 0 bridgehead atoms. The van der Waals surface area contributed by atoms with Gasteiger partial charge in [-0.15, -0.1) is 0 Å². The van der Waals surface area contributed by atoms with Gasteiger partial charge < -0.3 is 9.47 Å². The van der Waals surface area contributed by atoms with Crippen LogP contribution in [0, 0.1) is 0 Å². The number of esters is 1. The average Bonchev–Trinajstić information content (AvgIpc) is 2.38. The van der Waals surface area contributed by atoms with Crippen molar-refractivity contribution in [2.75, 3.05) is 14.2 Å². The van der Waals surface area contributed by atoms with E-state index in [0.29, 0.717) is 11.3 Å². The van der Waals surface area contributed by atoms with Crippen LogP contribution in [-0.2, 0) is 9.53 Å². The van der Waals surface area contributed by atoms with Crippen molar-refractivity contribution in [1.82, 2.24) is 0 Å². The van der Waals surface area contributed by atoms with Gasteiger partial charge in [-0.3, -0.25) is 0 Å². The molecule has 0 N–H and O–H groups in total. The van der Waals surface area contributed by atoms with Gasteiger partial charge in [0.25, 0.3) is 0 Å². The van der Waals surface area contributed by atoms with E-state index in [1.54, 1.807) is 31.4 Å². The van der Waals surface area contributed by atoms with Crippen LogP contribution in [0.4, 0.5) is 0 Å². The Balaban J connectivity index is 3.03. The summed E-state index contributed by atoms with van der Waals surface area (Å²) in [7, 11) is 2.78. The fourth-order valence-corrected chi connectivity index (χ4v) is 1.14. The highest BCUT2D eigenvalue weighted by Gasteiger charge is 2.06. The SMILES string of the molecule is COC(=O)C(=Cc1ccc(OC)cc1)N=[N+]=[N-]. The highest BCUT2D eigenvalue weighted by Crippen LogP contribution is 2.15. The van der Waals surface area contributed by atoms with E-state index in [-0.39, 0.29) is 5.70 Å². The number of hydrogen-bond donors (Lipinski definition) is 0. The molecule has 6 nitrogen and oxygen atoms in total. The fourth-order valence-electron chi connectivity index (χ4n) is 1.14. The van der Waals surface area contributed by atoms with Crippen LogP contribution in [0.15, 0.2) is 35.1 Å². The number of hydrogen-bond acceptors (Lipinski definition) is 4. The van der Waals surface area contributed by atoms with E-state index < -0.39 is 5.97 Å². The molecule has 17 heavy (non-hydrogen) atoms. The van der Waals surface area contributed by atoms with E-state index in [1.807, 2.05) is 0 Å². The Morgan fingerprint density at radius 3 is 2.47 bits per heavy atom. The van der Waals surface area contributed by atoms with Gasteiger partial charge in [-0.2, -0.15) is 0 Å². The number of carbonyl (C=O) groups is 1. The molecule has 0 atom stereocenters. The number of benzene rings is 1. The largest absolute Gasteiger partial charge is 0.497 e. The highest BCUT2D eigenvalue weighted by molar-refractivity contribution is 5.93. The number of rotatable bonds is 4. The molecule has 0 aromatic heterocycles. The summed E-state index contributed by atoms with van der Waals surface area (Å²) in [5.74, 6) is 0.0178. The minimum atomic E-state index is -0.682. The first kappa shape index (κ1) is 12.6. The third kappa shape index (κ3) is 3.55. The Hall–Kier alpha value is -2.46. The maximum absolute atomic E-state index is 11.2. The van der Waals surface area contributed by atoms with Crippen LogP contribution in [-0.4, -0.2) is 20.2 Å². The summed E-state index contributed by atoms with van der Waals surface area (Å²) >= 11 is 0. The molecular weight excluding hydrogens is 222 g/mol. The lowest BCUT2D eigenvalue weighted by atomic mass is 10.2. The Bertz CT molecular complexity index is 473. The van der Waals surface area contributed by atoms with Gasteiger partial charge >= 0.3 is 5.97 Å². The van der Waals surface area contributed by atoms with E-state index >= 15 is 0 Å². The van der Waals surface area contributed by atoms with Crippen molar-refractivity contribution in [3.63, 3.8) is 0 Å². The normalized spacial score (nSPS) is 10.4. The first-order valence-electron chi connectivity index (χ1n) is 4.70. The second-order valence-corrected chi connectivity index (χ2v) is 2.98. The smallest absolute Gasteiger partial charge is 0.340 e. The van der Waals surface area contributed by atoms with Crippen molar-refractivity contribution in [3.05, 3.63) is 46.0 Å². The van der Waals surface area contributed by atoms with E-state index in [2.05, 4.69) is 14.8 Å². The molecule has 1 rings (SSSR count). The molecule has 0 aliphatic carbocycles. The quantitative estimate of drug-likeness (QED) is 0.263. The summed E-state index contributed by atoms with van der Waals surface area (Å²) in [4.78, 5) is 13.8. The van der Waals surface area contributed by atoms with Crippen molar-refractivity contribution >= 4 is 12.0 Å². The summed E-state index contributed by atoms with van der Waals surface area (Å²) in [5.41, 5.74) is 8.94. The van der Waals surface area contributed by atoms with E-state index in [4.69, 9.17) is 10.3 Å². The van der Waals surface area contributed by atoms with Crippen molar-refractivity contribution in [2.24, 2.45) is 5.11 Å². The molecule has 0 amide bonds. The van der Waals surface area contributed by atoms with Gasteiger partial charge in [0.2, 0.25) is 0 Å². The number of ether oxygens (including phenoxy) is 2. The summed E-state index contributed by atoms with van der Waals surface area (Å²) in [5, 5.41) is 3.27. The van der Waals surface area contributed by atoms with Crippen LogP contribution in [0.2, 0.25) is 0 Å². The van der Waals surface area contributed by atoms with Crippen molar-refractivity contribution in [1.29, 1.82) is 0 Å². The van der Waals surface area contributed by atoms with Crippen LogP contribution < -0.4 is 4.74 Å². The molecule has 0 heterocycles. The molecule has 1 aromatic rings. The standard InChI is InChI=1S/C11H11N3O3/c1-16-9-5-3-8(4-6-9)7-10(13-14-12)11(15)17-2/h3-7H,1-2H3.